The molecular weight excluding hydrogens is 419 g/mol. The van der Waals surface area contributed by atoms with Gasteiger partial charge in [-0.2, -0.15) is 0 Å². The second-order valence-corrected chi connectivity index (χ2v) is 8.55. The van der Waals surface area contributed by atoms with E-state index in [-0.39, 0.29) is 17.8 Å². The van der Waals surface area contributed by atoms with Gasteiger partial charge in [0.05, 0.1) is 18.8 Å². The molecule has 6 nitrogen and oxygen atoms in total. The normalized spacial score (nSPS) is 16.3. The zero-order valence-corrected chi connectivity index (χ0v) is 18.7. The molecule has 3 aromatic heterocycles. The van der Waals surface area contributed by atoms with Crippen LogP contribution in [0.5, 0.6) is 0 Å². The first-order valence-electron chi connectivity index (χ1n) is 11.0. The molecule has 1 aliphatic rings. The van der Waals surface area contributed by atoms with Crippen molar-refractivity contribution in [1.29, 1.82) is 0 Å². The molecule has 33 heavy (non-hydrogen) atoms. The molecule has 168 valence electrons. The van der Waals surface area contributed by atoms with E-state index in [2.05, 4.69) is 9.97 Å². The van der Waals surface area contributed by atoms with Crippen LogP contribution in [0.15, 0.2) is 60.9 Å². The Hall–Kier alpha value is -3.58. The van der Waals surface area contributed by atoms with Gasteiger partial charge < -0.3 is 14.0 Å². The molecule has 0 spiro atoms. The smallest absolute Gasteiger partial charge is 0.274 e. The number of ether oxygens (including phenoxy) is 1. The van der Waals surface area contributed by atoms with Crippen LogP contribution in [0, 0.1) is 19.7 Å². The van der Waals surface area contributed by atoms with E-state index in [1.165, 1.54) is 6.07 Å². The fourth-order valence-corrected chi connectivity index (χ4v) is 4.28. The Bertz CT molecular complexity index is 1330. The zero-order valence-electron chi connectivity index (χ0n) is 18.7. The number of amides is 1. The monoisotopic (exact) mass is 444 g/mol. The van der Waals surface area contributed by atoms with Gasteiger partial charge in [-0.05, 0) is 73.4 Å². The number of benzene rings is 1. The summed E-state index contributed by atoms with van der Waals surface area (Å²) >= 11 is 0. The van der Waals surface area contributed by atoms with Crippen molar-refractivity contribution in [2.45, 2.75) is 26.4 Å². The zero-order chi connectivity index (χ0) is 22.9. The highest BCUT2D eigenvalue weighted by molar-refractivity contribution is 5.93. The third kappa shape index (κ3) is 4.64. The average Bonchev–Trinajstić information content (AvgIpc) is 3.21. The third-order valence-corrected chi connectivity index (χ3v) is 5.85. The molecule has 1 aliphatic heterocycles. The second-order valence-electron chi connectivity index (χ2n) is 8.55. The number of morpholine rings is 1. The highest BCUT2D eigenvalue weighted by Gasteiger charge is 2.28. The van der Waals surface area contributed by atoms with Gasteiger partial charge in [-0.3, -0.25) is 9.78 Å². The minimum atomic E-state index is -0.326. The standard InChI is InChI=1S/C26H25FN4O2/c1-17-6-7-30-15-23(29-25(30)10-17)26(32)31-8-9-33-24(16-31)22-14-20(11-18(2)28-22)12-19-4-3-5-21(27)13-19/h3-7,10-11,13-15,24H,8-9,12,16H2,1-2H3. The third-order valence-electron chi connectivity index (χ3n) is 5.85. The van der Waals surface area contributed by atoms with E-state index in [4.69, 9.17) is 4.74 Å². The Morgan fingerprint density at radius 2 is 2.00 bits per heavy atom. The van der Waals surface area contributed by atoms with E-state index in [0.29, 0.717) is 31.8 Å². The van der Waals surface area contributed by atoms with Crippen LogP contribution in [0.1, 0.15) is 44.7 Å². The summed E-state index contributed by atoms with van der Waals surface area (Å²) in [6.07, 6.45) is 3.95. The summed E-state index contributed by atoms with van der Waals surface area (Å²) in [5.41, 5.74) is 5.85. The molecule has 1 unspecified atom stereocenters. The molecule has 1 atom stereocenters. The van der Waals surface area contributed by atoms with Gasteiger partial charge >= 0.3 is 0 Å². The van der Waals surface area contributed by atoms with E-state index < -0.39 is 0 Å². The number of halogens is 1. The van der Waals surface area contributed by atoms with Gasteiger partial charge in [0.15, 0.2) is 0 Å². The van der Waals surface area contributed by atoms with Crippen LogP contribution in [-0.4, -0.2) is 44.9 Å². The van der Waals surface area contributed by atoms with Crippen molar-refractivity contribution in [2.24, 2.45) is 0 Å². The molecule has 0 saturated carbocycles. The molecule has 0 N–H and O–H groups in total. The molecule has 4 aromatic rings. The van der Waals surface area contributed by atoms with E-state index in [1.54, 1.807) is 23.2 Å². The van der Waals surface area contributed by atoms with E-state index in [9.17, 15) is 9.18 Å². The van der Waals surface area contributed by atoms with Gasteiger partial charge in [0.25, 0.3) is 5.91 Å². The second kappa shape index (κ2) is 8.75. The van der Waals surface area contributed by atoms with Crippen LogP contribution < -0.4 is 0 Å². The number of imidazole rings is 1. The topological polar surface area (TPSA) is 59.7 Å². The number of carbonyl (C=O) groups excluding carboxylic acids is 1. The van der Waals surface area contributed by atoms with Gasteiger partial charge in [0.1, 0.15) is 23.3 Å². The highest BCUT2D eigenvalue weighted by atomic mass is 19.1. The lowest BCUT2D eigenvalue weighted by molar-refractivity contribution is -0.0249. The van der Waals surface area contributed by atoms with Crippen molar-refractivity contribution >= 4 is 11.6 Å². The fraction of sp³-hybridized carbons (Fsp3) is 0.269. The summed E-state index contributed by atoms with van der Waals surface area (Å²) in [5, 5.41) is 0. The van der Waals surface area contributed by atoms with Crippen LogP contribution in [-0.2, 0) is 11.2 Å². The minimum Gasteiger partial charge on any atom is -0.368 e. The molecule has 0 aliphatic carbocycles. The molecule has 5 rings (SSSR count). The number of rotatable bonds is 4. The molecule has 0 radical (unpaired) electrons. The number of aryl methyl sites for hydroxylation is 2. The van der Waals surface area contributed by atoms with Crippen LogP contribution in [0.4, 0.5) is 4.39 Å². The number of pyridine rings is 2. The van der Waals surface area contributed by atoms with Crippen molar-refractivity contribution in [3.63, 3.8) is 0 Å². The minimum absolute atomic E-state index is 0.114. The molecule has 0 bridgehead atoms. The SMILES string of the molecule is Cc1ccn2cc(C(=O)N3CCOC(c4cc(Cc5cccc(F)c5)cc(C)n4)C3)nc2c1. The maximum absolute atomic E-state index is 13.6. The summed E-state index contributed by atoms with van der Waals surface area (Å²) in [6.45, 7) is 5.27. The van der Waals surface area contributed by atoms with E-state index in [1.807, 2.05) is 54.8 Å². The predicted molar refractivity (Wildman–Crippen MR) is 123 cm³/mol. The van der Waals surface area contributed by atoms with Gasteiger partial charge in [0.2, 0.25) is 0 Å². The number of hydrogen-bond acceptors (Lipinski definition) is 4. The maximum atomic E-state index is 13.6. The summed E-state index contributed by atoms with van der Waals surface area (Å²) < 4.78 is 21.4. The molecule has 1 aromatic carbocycles. The molecule has 1 amide bonds. The van der Waals surface area contributed by atoms with Crippen LogP contribution >= 0.6 is 0 Å². The van der Waals surface area contributed by atoms with E-state index in [0.717, 1.165) is 33.7 Å². The average molecular weight is 445 g/mol. The summed E-state index contributed by atoms with van der Waals surface area (Å²) in [6, 6.07) is 14.5. The summed E-state index contributed by atoms with van der Waals surface area (Å²) in [4.78, 5) is 24.1. The predicted octanol–water partition coefficient (Wildman–Crippen LogP) is 4.29. The maximum Gasteiger partial charge on any atom is 0.274 e. The Morgan fingerprint density at radius 1 is 1.12 bits per heavy atom. The van der Waals surface area contributed by atoms with Crippen LogP contribution in [0.25, 0.3) is 5.65 Å². The summed E-state index contributed by atoms with van der Waals surface area (Å²) in [5.74, 6) is -0.359. The van der Waals surface area contributed by atoms with Crippen molar-refractivity contribution in [3.05, 3.63) is 101 Å². The first-order chi connectivity index (χ1) is 15.9. The van der Waals surface area contributed by atoms with Gasteiger partial charge in [-0.1, -0.05) is 12.1 Å². The molecule has 1 saturated heterocycles. The number of carbonyl (C=O) groups is 1. The van der Waals surface area contributed by atoms with Crippen molar-refractivity contribution < 1.29 is 13.9 Å². The number of nitrogens with zero attached hydrogens (tertiary/aromatic N) is 4. The highest BCUT2D eigenvalue weighted by Crippen LogP contribution is 2.24. The fourth-order valence-electron chi connectivity index (χ4n) is 4.28. The Morgan fingerprint density at radius 3 is 2.85 bits per heavy atom. The van der Waals surface area contributed by atoms with E-state index >= 15 is 0 Å². The van der Waals surface area contributed by atoms with Crippen LogP contribution in [0.3, 0.4) is 0 Å². The van der Waals surface area contributed by atoms with Crippen molar-refractivity contribution in [3.8, 4) is 0 Å². The largest absolute Gasteiger partial charge is 0.368 e. The number of hydrogen-bond donors (Lipinski definition) is 0. The first-order valence-corrected chi connectivity index (χ1v) is 11.0. The number of aromatic nitrogens is 3. The number of fused-ring (bicyclic) bond motifs is 1. The molecule has 7 heteroatoms. The van der Waals surface area contributed by atoms with Crippen molar-refractivity contribution in [1.82, 2.24) is 19.3 Å². The lowest BCUT2D eigenvalue weighted by atomic mass is 10.0. The van der Waals surface area contributed by atoms with Gasteiger partial charge in [0, 0.05) is 24.6 Å². The van der Waals surface area contributed by atoms with Crippen molar-refractivity contribution in [2.75, 3.05) is 19.7 Å². The Balaban J connectivity index is 1.35. The molecule has 4 heterocycles. The van der Waals surface area contributed by atoms with Crippen LogP contribution in [0.2, 0.25) is 0 Å². The first kappa shape index (κ1) is 21.3. The van der Waals surface area contributed by atoms with Gasteiger partial charge in [-0.25, -0.2) is 9.37 Å². The lowest BCUT2D eigenvalue weighted by Crippen LogP contribution is -2.42. The van der Waals surface area contributed by atoms with Gasteiger partial charge in [-0.15, -0.1) is 0 Å². The Kier molecular flexibility index (Phi) is 5.64. The Labute approximate surface area is 191 Å². The molecular formula is C26H25FN4O2. The lowest BCUT2D eigenvalue weighted by Gasteiger charge is -2.32. The summed E-state index contributed by atoms with van der Waals surface area (Å²) in [7, 11) is 0. The quantitative estimate of drug-likeness (QED) is 0.471. The molecule has 1 fully saturated rings.